The smallest absolute Gasteiger partial charge is 0.00952 e. The summed E-state index contributed by atoms with van der Waals surface area (Å²) < 4.78 is 0. The zero-order valence-electron chi connectivity index (χ0n) is 15.8. The predicted octanol–water partition coefficient (Wildman–Crippen LogP) is 6.95. The number of nitrogens with zero attached hydrogens (tertiary/aromatic N) is 1. The molecule has 1 fully saturated rings. The Hall–Kier alpha value is -0.0400. The van der Waals surface area contributed by atoms with E-state index in [1.54, 1.807) is 0 Å². The molecule has 1 rings (SSSR count). The zero-order chi connectivity index (χ0) is 15.9. The highest BCUT2D eigenvalue weighted by Gasteiger charge is 2.21. The van der Waals surface area contributed by atoms with Crippen LogP contribution in [0.1, 0.15) is 117 Å². The summed E-state index contributed by atoms with van der Waals surface area (Å²) in [5.41, 5.74) is 0. The van der Waals surface area contributed by atoms with E-state index >= 15 is 0 Å². The van der Waals surface area contributed by atoms with E-state index in [-0.39, 0.29) is 0 Å². The molecule has 132 valence electrons. The van der Waals surface area contributed by atoms with Crippen molar-refractivity contribution in [2.24, 2.45) is 0 Å². The lowest BCUT2D eigenvalue weighted by molar-refractivity contribution is 0.135. The molecule has 1 atom stereocenters. The van der Waals surface area contributed by atoms with Gasteiger partial charge in [0.1, 0.15) is 0 Å². The third kappa shape index (κ3) is 9.87. The molecule has 0 saturated carbocycles. The summed E-state index contributed by atoms with van der Waals surface area (Å²) in [6.45, 7) is 7.38. The van der Waals surface area contributed by atoms with Crippen LogP contribution in [0.15, 0.2) is 0 Å². The molecule has 22 heavy (non-hydrogen) atoms. The minimum absolute atomic E-state index is 0.926. The van der Waals surface area contributed by atoms with Crippen molar-refractivity contribution < 1.29 is 0 Å². The summed E-state index contributed by atoms with van der Waals surface area (Å²) in [5.74, 6) is 0. The molecule has 0 aliphatic carbocycles. The van der Waals surface area contributed by atoms with E-state index in [0.29, 0.717) is 0 Å². The molecule has 0 aromatic rings. The second-order valence-electron chi connectivity index (χ2n) is 7.51. The molecule has 1 unspecified atom stereocenters. The van der Waals surface area contributed by atoms with Gasteiger partial charge in [-0.2, -0.15) is 0 Å². The average molecular weight is 310 g/mol. The largest absolute Gasteiger partial charge is 0.300 e. The summed E-state index contributed by atoms with van der Waals surface area (Å²) >= 11 is 0. The Bertz CT molecular complexity index is 202. The van der Waals surface area contributed by atoms with Gasteiger partial charge in [0.25, 0.3) is 0 Å². The molecule has 0 radical (unpaired) electrons. The van der Waals surface area contributed by atoms with Gasteiger partial charge in [0, 0.05) is 6.04 Å². The summed E-state index contributed by atoms with van der Waals surface area (Å²) in [4.78, 5) is 2.84. The lowest BCUT2D eigenvalue weighted by Crippen LogP contribution is -2.40. The summed E-state index contributed by atoms with van der Waals surface area (Å²) in [6, 6.07) is 0.926. The summed E-state index contributed by atoms with van der Waals surface area (Å²) in [7, 11) is 0. The van der Waals surface area contributed by atoms with E-state index in [0.717, 1.165) is 6.04 Å². The van der Waals surface area contributed by atoms with Crippen LogP contribution in [0, 0.1) is 0 Å². The second-order valence-corrected chi connectivity index (χ2v) is 7.51. The van der Waals surface area contributed by atoms with Crippen molar-refractivity contribution in [2.75, 3.05) is 13.1 Å². The van der Waals surface area contributed by atoms with Gasteiger partial charge < -0.3 is 4.90 Å². The van der Waals surface area contributed by atoms with Crippen LogP contribution in [0.4, 0.5) is 0 Å². The van der Waals surface area contributed by atoms with E-state index < -0.39 is 0 Å². The highest BCUT2D eigenvalue weighted by Crippen LogP contribution is 2.23. The molecule has 0 bridgehead atoms. The van der Waals surface area contributed by atoms with Gasteiger partial charge in [-0.15, -0.1) is 0 Å². The third-order valence-electron chi connectivity index (χ3n) is 5.44. The molecular formula is C21H43N. The maximum absolute atomic E-state index is 2.84. The molecule has 0 N–H and O–H groups in total. The first-order chi connectivity index (χ1) is 10.9. The SMILES string of the molecule is CCCCCCCCC1CCCCN1CCCCCCCC. The van der Waals surface area contributed by atoms with Crippen molar-refractivity contribution in [3.63, 3.8) is 0 Å². The summed E-state index contributed by atoms with van der Waals surface area (Å²) in [6.07, 6.45) is 23.2. The van der Waals surface area contributed by atoms with Crippen LogP contribution >= 0.6 is 0 Å². The molecule has 1 nitrogen and oxygen atoms in total. The van der Waals surface area contributed by atoms with Gasteiger partial charge in [-0.3, -0.25) is 0 Å². The van der Waals surface area contributed by atoms with Gasteiger partial charge in [0.15, 0.2) is 0 Å². The topological polar surface area (TPSA) is 3.24 Å². The Morgan fingerprint density at radius 2 is 1.27 bits per heavy atom. The maximum Gasteiger partial charge on any atom is 0.00952 e. The van der Waals surface area contributed by atoms with Gasteiger partial charge >= 0.3 is 0 Å². The molecule has 0 aromatic carbocycles. The molecular weight excluding hydrogens is 266 g/mol. The van der Waals surface area contributed by atoms with Crippen LogP contribution in [0.5, 0.6) is 0 Å². The maximum atomic E-state index is 2.84. The highest BCUT2D eigenvalue weighted by atomic mass is 15.2. The summed E-state index contributed by atoms with van der Waals surface area (Å²) in [5, 5.41) is 0. The van der Waals surface area contributed by atoms with Crippen molar-refractivity contribution >= 4 is 0 Å². The number of rotatable bonds is 14. The van der Waals surface area contributed by atoms with Gasteiger partial charge in [0.2, 0.25) is 0 Å². The van der Waals surface area contributed by atoms with Crippen LogP contribution in [0.25, 0.3) is 0 Å². The molecule has 0 amide bonds. The number of hydrogen-bond acceptors (Lipinski definition) is 1. The van der Waals surface area contributed by atoms with Crippen molar-refractivity contribution in [3.8, 4) is 0 Å². The molecule has 1 saturated heterocycles. The Labute approximate surface area is 141 Å². The Kier molecular flexibility index (Phi) is 13.2. The second kappa shape index (κ2) is 14.5. The van der Waals surface area contributed by atoms with Gasteiger partial charge in [0.05, 0.1) is 0 Å². The fourth-order valence-electron chi connectivity index (χ4n) is 3.94. The van der Waals surface area contributed by atoms with Gasteiger partial charge in [-0.1, -0.05) is 90.9 Å². The first kappa shape index (κ1) is 20.0. The van der Waals surface area contributed by atoms with Crippen molar-refractivity contribution in [1.82, 2.24) is 4.90 Å². The van der Waals surface area contributed by atoms with Crippen LogP contribution in [0.2, 0.25) is 0 Å². The lowest BCUT2D eigenvalue weighted by atomic mass is 9.96. The average Bonchev–Trinajstić information content (AvgIpc) is 2.55. The van der Waals surface area contributed by atoms with E-state index in [9.17, 15) is 0 Å². The molecule has 1 aliphatic rings. The van der Waals surface area contributed by atoms with Gasteiger partial charge in [-0.05, 0) is 38.8 Å². The predicted molar refractivity (Wildman–Crippen MR) is 101 cm³/mol. The number of hydrogen-bond donors (Lipinski definition) is 0. The number of unbranched alkanes of at least 4 members (excludes halogenated alkanes) is 10. The Morgan fingerprint density at radius 3 is 1.95 bits per heavy atom. The first-order valence-electron chi connectivity index (χ1n) is 10.6. The minimum Gasteiger partial charge on any atom is -0.300 e. The Balaban J connectivity index is 2.06. The van der Waals surface area contributed by atoms with Crippen LogP contribution in [-0.2, 0) is 0 Å². The number of likely N-dealkylation sites (tertiary alicyclic amines) is 1. The normalized spacial score (nSPS) is 19.6. The van der Waals surface area contributed by atoms with Crippen LogP contribution in [0.3, 0.4) is 0 Å². The third-order valence-corrected chi connectivity index (χ3v) is 5.44. The quantitative estimate of drug-likeness (QED) is 0.314. The van der Waals surface area contributed by atoms with Crippen LogP contribution in [-0.4, -0.2) is 24.0 Å². The van der Waals surface area contributed by atoms with E-state index in [4.69, 9.17) is 0 Å². The van der Waals surface area contributed by atoms with E-state index in [1.807, 2.05) is 0 Å². The highest BCUT2D eigenvalue weighted by molar-refractivity contribution is 4.76. The zero-order valence-corrected chi connectivity index (χ0v) is 15.8. The lowest BCUT2D eigenvalue weighted by Gasteiger charge is -2.36. The Morgan fingerprint density at radius 1 is 0.682 bits per heavy atom. The first-order valence-corrected chi connectivity index (χ1v) is 10.6. The fraction of sp³-hybridized carbons (Fsp3) is 1.00. The monoisotopic (exact) mass is 309 g/mol. The molecule has 0 aromatic heterocycles. The molecule has 1 aliphatic heterocycles. The van der Waals surface area contributed by atoms with Crippen molar-refractivity contribution in [1.29, 1.82) is 0 Å². The van der Waals surface area contributed by atoms with E-state index in [1.165, 1.54) is 116 Å². The van der Waals surface area contributed by atoms with Gasteiger partial charge in [-0.25, -0.2) is 0 Å². The molecule has 1 heterocycles. The minimum atomic E-state index is 0.926. The fourth-order valence-corrected chi connectivity index (χ4v) is 3.94. The van der Waals surface area contributed by atoms with Crippen molar-refractivity contribution in [3.05, 3.63) is 0 Å². The molecule has 0 spiro atoms. The van der Waals surface area contributed by atoms with Crippen molar-refractivity contribution in [2.45, 2.75) is 123 Å². The van der Waals surface area contributed by atoms with E-state index in [2.05, 4.69) is 18.7 Å². The molecule has 1 heteroatoms. The number of piperidine rings is 1. The van der Waals surface area contributed by atoms with Crippen LogP contribution < -0.4 is 0 Å². The standard InChI is InChI=1S/C21H43N/c1-3-5-7-9-11-13-17-21-18-14-16-20-22(21)19-15-12-10-8-6-4-2/h21H,3-20H2,1-2H3.